The number of rotatable bonds is 9. The van der Waals surface area contributed by atoms with E-state index in [1.165, 1.54) is 64.8 Å². The molecule has 5 rings (SSSR count). The standard InChI is InChI=1S/C28H20ClFN4O4S/c1-2-18-7-9-21(27(36)33(18)15-24(35)17-11-12-38-16-17)23-13-26(31-14-19-8-10-25(29)39-19)34(32-23)28(37)20-5-3-4-6-22(20)30/h2-13,16,31H,1,14-15H2. The number of nitrogens with one attached hydrogen (secondary N) is 1. The van der Waals surface area contributed by atoms with Gasteiger partial charge in [0.25, 0.3) is 11.5 Å². The van der Waals surface area contributed by atoms with E-state index in [0.717, 1.165) is 9.56 Å². The highest BCUT2D eigenvalue weighted by atomic mass is 35.5. The molecule has 0 aliphatic carbocycles. The molecule has 11 heteroatoms. The zero-order chi connectivity index (χ0) is 27.5. The predicted molar refractivity (Wildman–Crippen MR) is 148 cm³/mol. The summed E-state index contributed by atoms with van der Waals surface area (Å²) in [5, 5.41) is 7.51. The molecule has 8 nitrogen and oxygen atoms in total. The fourth-order valence-corrected chi connectivity index (χ4v) is 4.98. The van der Waals surface area contributed by atoms with E-state index in [0.29, 0.717) is 22.1 Å². The molecule has 0 saturated carbocycles. The molecule has 1 N–H and O–H groups in total. The summed E-state index contributed by atoms with van der Waals surface area (Å²) in [7, 11) is 0. The zero-order valence-electron chi connectivity index (χ0n) is 20.3. The largest absolute Gasteiger partial charge is 0.472 e. The van der Waals surface area contributed by atoms with E-state index in [1.54, 1.807) is 24.3 Å². The number of ketones is 1. The molecule has 0 aliphatic heterocycles. The summed E-state index contributed by atoms with van der Waals surface area (Å²) in [4.78, 5) is 40.5. The topological polar surface area (TPSA) is 99.1 Å². The van der Waals surface area contributed by atoms with Crippen LogP contribution in [-0.2, 0) is 13.1 Å². The molecule has 196 valence electrons. The van der Waals surface area contributed by atoms with Crippen molar-refractivity contribution in [2.24, 2.45) is 0 Å². The second-order valence-corrected chi connectivity index (χ2v) is 10.2. The summed E-state index contributed by atoms with van der Waals surface area (Å²) in [6.45, 7) is 3.79. The third-order valence-corrected chi connectivity index (χ3v) is 7.15. The molecule has 0 fully saturated rings. The number of aromatic nitrogens is 3. The highest BCUT2D eigenvalue weighted by Crippen LogP contribution is 2.25. The third-order valence-electron chi connectivity index (χ3n) is 5.92. The molecular formula is C28H20ClFN4O4S. The molecule has 39 heavy (non-hydrogen) atoms. The van der Waals surface area contributed by atoms with E-state index in [2.05, 4.69) is 17.0 Å². The first-order valence-electron chi connectivity index (χ1n) is 11.6. The van der Waals surface area contributed by atoms with Crippen LogP contribution < -0.4 is 10.9 Å². The number of nitrogens with zero attached hydrogens (tertiary/aromatic N) is 3. The van der Waals surface area contributed by atoms with Gasteiger partial charge in [-0.1, -0.05) is 30.3 Å². The van der Waals surface area contributed by atoms with Crippen LogP contribution in [0.4, 0.5) is 10.2 Å². The van der Waals surface area contributed by atoms with Crippen molar-refractivity contribution in [1.29, 1.82) is 0 Å². The Morgan fingerprint density at radius 1 is 1.15 bits per heavy atom. The first-order chi connectivity index (χ1) is 18.9. The summed E-state index contributed by atoms with van der Waals surface area (Å²) < 4.78 is 22.4. The van der Waals surface area contributed by atoms with E-state index >= 15 is 0 Å². The van der Waals surface area contributed by atoms with Crippen LogP contribution in [-0.4, -0.2) is 26.0 Å². The van der Waals surface area contributed by atoms with Crippen LogP contribution in [0, 0.1) is 5.82 Å². The van der Waals surface area contributed by atoms with Crippen molar-refractivity contribution in [3.63, 3.8) is 0 Å². The molecule has 0 unspecified atom stereocenters. The van der Waals surface area contributed by atoms with Gasteiger partial charge in [0.1, 0.15) is 23.6 Å². The highest BCUT2D eigenvalue weighted by molar-refractivity contribution is 7.16. The van der Waals surface area contributed by atoms with Crippen molar-refractivity contribution in [1.82, 2.24) is 14.3 Å². The van der Waals surface area contributed by atoms with Gasteiger partial charge in [-0.3, -0.25) is 14.4 Å². The van der Waals surface area contributed by atoms with E-state index in [9.17, 15) is 18.8 Å². The van der Waals surface area contributed by atoms with E-state index < -0.39 is 17.3 Å². The highest BCUT2D eigenvalue weighted by Gasteiger charge is 2.22. The lowest BCUT2D eigenvalue weighted by Gasteiger charge is -2.10. The summed E-state index contributed by atoms with van der Waals surface area (Å²) >= 11 is 7.40. The minimum Gasteiger partial charge on any atom is -0.472 e. The van der Waals surface area contributed by atoms with Crippen LogP contribution in [0.2, 0.25) is 4.34 Å². The van der Waals surface area contributed by atoms with Gasteiger partial charge in [0.05, 0.1) is 40.4 Å². The molecule has 0 bridgehead atoms. The van der Waals surface area contributed by atoms with Gasteiger partial charge in [-0.05, 0) is 48.5 Å². The van der Waals surface area contributed by atoms with Crippen molar-refractivity contribution in [2.45, 2.75) is 13.1 Å². The molecule has 4 aromatic heterocycles. The van der Waals surface area contributed by atoms with Crippen LogP contribution in [0.1, 0.15) is 31.3 Å². The number of carbonyl (C=O) groups excluding carboxylic acids is 2. The summed E-state index contributed by atoms with van der Waals surface area (Å²) in [5.74, 6) is -1.51. The Morgan fingerprint density at radius 3 is 2.67 bits per heavy atom. The van der Waals surface area contributed by atoms with Crippen molar-refractivity contribution in [2.75, 3.05) is 5.32 Å². The molecule has 0 amide bonds. The Hall–Kier alpha value is -4.54. The zero-order valence-corrected chi connectivity index (χ0v) is 21.8. The van der Waals surface area contributed by atoms with Gasteiger partial charge in [-0.15, -0.1) is 11.3 Å². The number of carbonyl (C=O) groups is 2. The average Bonchev–Trinajstić information content (AvgIpc) is 3.70. The number of hydrogen-bond acceptors (Lipinski definition) is 7. The lowest BCUT2D eigenvalue weighted by molar-refractivity contribution is 0.0941. The average molecular weight is 563 g/mol. The minimum absolute atomic E-state index is 0.142. The number of halogens is 2. The number of hydrogen-bond donors (Lipinski definition) is 1. The second kappa shape index (κ2) is 11.1. The molecule has 0 atom stereocenters. The fraction of sp³-hybridized carbons (Fsp3) is 0.0714. The van der Waals surface area contributed by atoms with Crippen LogP contribution in [0.5, 0.6) is 0 Å². The smallest absolute Gasteiger partial charge is 0.283 e. The van der Waals surface area contributed by atoms with Crippen LogP contribution in [0.25, 0.3) is 17.3 Å². The monoisotopic (exact) mass is 562 g/mol. The van der Waals surface area contributed by atoms with Gasteiger partial charge < -0.3 is 14.3 Å². The van der Waals surface area contributed by atoms with Crippen molar-refractivity contribution in [3.05, 3.63) is 122 Å². The Morgan fingerprint density at radius 2 is 1.97 bits per heavy atom. The normalized spacial score (nSPS) is 10.9. The molecule has 0 aliphatic rings. The second-order valence-electron chi connectivity index (χ2n) is 8.37. The van der Waals surface area contributed by atoms with Gasteiger partial charge in [-0.2, -0.15) is 9.78 Å². The number of anilines is 1. The van der Waals surface area contributed by atoms with Gasteiger partial charge in [0.2, 0.25) is 0 Å². The molecule has 5 aromatic rings. The number of furan rings is 1. The Balaban J connectivity index is 1.56. The summed E-state index contributed by atoms with van der Waals surface area (Å²) in [5.41, 5.74) is 0.361. The fourth-order valence-electron chi connectivity index (χ4n) is 3.95. The van der Waals surface area contributed by atoms with Crippen LogP contribution in [0.15, 0.2) is 89.0 Å². The maximum Gasteiger partial charge on any atom is 0.283 e. The number of thiophene rings is 1. The summed E-state index contributed by atoms with van der Waals surface area (Å²) in [6, 6.07) is 15.4. The maximum absolute atomic E-state index is 14.5. The van der Waals surface area contributed by atoms with Gasteiger partial charge in [-0.25, -0.2) is 4.39 Å². The SMILES string of the molecule is C=Cc1ccc(-c2cc(NCc3ccc(Cl)s3)n(C(=O)c3ccccc3F)n2)c(=O)n1CC(=O)c1ccoc1. The minimum atomic E-state index is -0.718. The Kier molecular flexibility index (Phi) is 7.40. The third kappa shape index (κ3) is 5.38. The molecule has 0 radical (unpaired) electrons. The van der Waals surface area contributed by atoms with E-state index in [4.69, 9.17) is 16.0 Å². The van der Waals surface area contributed by atoms with Gasteiger partial charge in [0, 0.05) is 16.6 Å². The van der Waals surface area contributed by atoms with Gasteiger partial charge >= 0.3 is 0 Å². The lowest BCUT2D eigenvalue weighted by atomic mass is 10.1. The Bertz CT molecular complexity index is 1750. The predicted octanol–water partition coefficient (Wildman–Crippen LogP) is 5.99. The lowest BCUT2D eigenvalue weighted by Crippen LogP contribution is -2.27. The molecule has 0 spiro atoms. The first kappa shape index (κ1) is 26.1. The molecule has 1 aromatic carbocycles. The van der Waals surface area contributed by atoms with E-state index in [1.807, 2.05) is 6.07 Å². The molecule has 0 saturated heterocycles. The maximum atomic E-state index is 14.5. The van der Waals surface area contributed by atoms with Crippen molar-refractivity contribution < 1.29 is 18.4 Å². The first-order valence-corrected chi connectivity index (χ1v) is 12.8. The molecule has 4 heterocycles. The Labute approximate surface area is 230 Å². The van der Waals surface area contributed by atoms with Gasteiger partial charge in [0.15, 0.2) is 5.78 Å². The van der Waals surface area contributed by atoms with Crippen LogP contribution in [0.3, 0.4) is 0 Å². The number of pyridine rings is 1. The van der Waals surface area contributed by atoms with Crippen molar-refractivity contribution in [3.8, 4) is 11.3 Å². The van der Waals surface area contributed by atoms with Crippen LogP contribution >= 0.6 is 22.9 Å². The number of benzene rings is 1. The quantitative estimate of drug-likeness (QED) is 0.222. The number of Topliss-reactive ketones (excluding diaryl/α,β-unsaturated/α-hetero) is 1. The summed E-state index contributed by atoms with van der Waals surface area (Å²) in [6.07, 6.45) is 4.14. The van der Waals surface area contributed by atoms with E-state index in [-0.39, 0.29) is 35.0 Å². The van der Waals surface area contributed by atoms with Crippen molar-refractivity contribution >= 4 is 46.5 Å². The molecular weight excluding hydrogens is 543 g/mol.